The van der Waals surface area contributed by atoms with Gasteiger partial charge in [0.25, 0.3) is 5.91 Å². The van der Waals surface area contributed by atoms with E-state index >= 15 is 0 Å². The number of nitrogens with one attached hydrogen (secondary N) is 3. The number of nitrogens with zero attached hydrogens (tertiary/aromatic N) is 1. The van der Waals surface area contributed by atoms with Gasteiger partial charge in [-0.3, -0.25) is 19.3 Å². The standard InChI is InChI=1S/C18H24N4O4/c1-4-5-12-6-8-13(9-7-12)18(2)16(25)22(17(26)21-18)11-15(24)20-10-14(23)19-3/h6-9H,4-5,10-11H2,1-3H3,(H,19,23)(H,20,24)(H,21,26)/t18-/m1/s1. The monoisotopic (exact) mass is 360 g/mol. The Morgan fingerprint density at radius 2 is 1.81 bits per heavy atom. The van der Waals surface area contributed by atoms with Crippen molar-refractivity contribution in [2.45, 2.75) is 32.2 Å². The van der Waals surface area contributed by atoms with Gasteiger partial charge in [0.2, 0.25) is 11.8 Å². The number of hydrogen-bond acceptors (Lipinski definition) is 4. The van der Waals surface area contributed by atoms with Crippen molar-refractivity contribution in [1.82, 2.24) is 20.9 Å². The van der Waals surface area contributed by atoms with Crippen molar-refractivity contribution < 1.29 is 19.2 Å². The summed E-state index contributed by atoms with van der Waals surface area (Å²) in [6.45, 7) is 3.05. The lowest BCUT2D eigenvalue weighted by molar-refractivity contribution is -0.135. The van der Waals surface area contributed by atoms with Crippen LogP contribution in [0.25, 0.3) is 0 Å². The van der Waals surface area contributed by atoms with Gasteiger partial charge < -0.3 is 16.0 Å². The van der Waals surface area contributed by atoms with Crippen molar-refractivity contribution in [3.8, 4) is 0 Å². The molecule has 1 heterocycles. The van der Waals surface area contributed by atoms with Crippen molar-refractivity contribution >= 4 is 23.8 Å². The van der Waals surface area contributed by atoms with Gasteiger partial charge in [0.1, 0.15) is 12.1 Å². The first-order valence-corrected chi connectivity index (χ1v) is 8.52. The molecule has 0 bridgehead atoms. The van der Waals surface area contributed by atoms with Gasteiger partial charge in [0, 0.05) is 7.05 Å². The topological polar surface area (TPSA) is 108 Å². The maximum absolute atomic E-state index is 12.8. The molecule has 1 atom stereocenters. The zero-order chi connectivity index (χ0) is 19.3. The van der Waals surface area contributed by atoms with E-state index in [2.05, 4.69) is 22.9 Å². The van der Waals surface area contributed by atoms with Gasteiger partial charge in [-0.1, -0.05) is 37.6 Å². The summed E-state index contributed by atoms with van der Waals surface area (Å²) in [6.07, 6.45) is 1.96. The summed E-state index contributed by atoms with van der Waals surface area (Å²) in [5, 5.41) is 7.39. The van der Waals surface area contributed by atoms with Crippen LogP contribution in [-0.2, 0) is 26.3 Å². The lowest BCUT2D eigenvalue weighted by Gasteiger charge is -2.22. The lowest BCUT2D eigenvalue weighted by atomic mass is 9.91. The van der Waals surface area contributed by atoms with E-state index in [9.17, 15) is 19.2 Å². The Labute approximate surface area is 152 Å². The third-order valence-corrected chi connectivity index (χ3v) is 4.37. The molecule has 1 aliphatic rings. The Morgan fingerprint density at radius 3 is 2.38 bits per heavy atom. The molecule has 0 aromatic heterocycles. The minimum Gasteiger partial charge on any atom is -0.358 e. The summed E-state index contributed by atoms with van der Waals surface area (Å²) in [7, 11) is 1.45. The van der Waals surface area contributed by atoms with Gasteiger partial charge in [0.15, 0.2) is 0 Å². The molecule has 1 saturated heterocycles. The van der Waals surface area contributed by atoms with Crippen LogP contribution >= 0.6 is 0 Å². The molecule has 0 spiro atoms. The minimum atomic E-state index is -1.22. The number of likely N-dealkylation sites (N-methyl/N-ethyl adjacent to an activating group) is 1. The molecule has 0 saturated carbocycles. The lowest BCUT2D eigenvalue weighted by Crippen LogP contribution is -2.44. The number of benzene rings is 1. The first kappa shape index (κ1) is 19.4. The van der Waals surface area contributed by atoms with Gasteiger partial charge in [0.05, 0.1) is 6.54 Å². The maximum atomic E-state index is 12.8. The number of carbonyl (C=O) groups is 4. The Morgan fingerprint density at radius 1 is 1.15 bits per heavy atom. The molecular weight excluding hydrogens is 336 g/mol. The molecule has 26 heavy (non-hydrogen) atoms. The molecular formula is C18H24N4O4. The van der Waals surface area contributed by atoms with Crippen LogP contribution in [-0.4, -0.2) is 48.8 Å². The second-order valence-electron chi connectivity index (χ2n) is 6.34. The molecule has 8 nitrogen and oxygen atoms in total. The van der Waals surface area contributed by atoms with Gasteiger partial charge in [-0.05, 0) is 24.5 Å². The third kappa shape index (κ3) is 4.01. The molecule has 0 aliphatic carbocycles. The van der Waals surface area contributed by atoms with Crippen molar-refractivity contribution in [3.05, 3.63) is 35.4 Å². The summed E-state index contributed by atoms with van der Waals surface area (Å²) >= 11 is 0. The Hall–Kier alpha value is -2.90. The summed E-state index contributed by atoms with van der Waals surface area (Å²) in [5.41, 5.74) is 0.592. The first-order chi connectivity index (χ1) is 12.3. The van der Waals surface area contributed by atoms with E-state index in [0.717, 1.165) is 23.3 Å². The van der Waals surface area contributed by atoms with E-state index in [0.29, 0.717) is 5.56 Å². The van der Waals surface area contributed by atoms with Gasteiger partial charge in [-0.2, -0.15) is 0 Å². The van der Waals surface area contributed by atoms with Crippen molar-refractivity contribution in [2.75, 3.05) is 20.1 Å². The number of urea groups is 1. The highest BCUT2D eigenvalue weighted by atomic mass is 16.2. The quantitative estimate of drug-likeness (QED) is 0.607. The van der Waals surface area contributed by atoms with Crippen molar-refractivity contribution in [1.29, 1.82) is 0 Å². The number of carbonyl (C=O) groups excluding carboxylic acids is 4. The molecule has 0 radical (unpaired) electrons. The Balaban J connectivity index is 2.09. The highest BCUT2D eigenvalue weighted by Gasteiger charge is 2.49. The molecule has 1 aromatic carbocycles. The summed E-state index contributed by atoms with van der Waals surface area (Å²) in [5.74, 6) is -1.45. The number of hydrogen-bond donors (Lipinski definition) is 3. The number of amides is 5. The normalized spacial score (nSPS) is 19.3. The third-order valence-electron chi connectivity index (χ3n) is 4.37. The molecule has 5 amide bonds. The van der Waals surface area contributed by atoms with Crippen LogP contribution < -0.4 is 16.0 Å². The second kappa shape index (κ2) is 7.99. The van der Waals surface area contributed by atoms with E-state index in [1.165, 1.54) is 7.05 Å². The predicted molar refractivity (Wildman–Crippen MR) is 95.1 cm³/mol. The molecule has 1 aromatic rings. The highest BCUT2D eigenvalue weighted by Crippen LogP contribution is 2.29. The van der Waals surface area contributed by atoms with Gasteiger partial charge in [-0.25, -0.2) is 4.79 Å². The van der Waals surface area contributed by atoms with Crippen LogP contribution in [0.1, 0.15) is 31.4 Å². The molecule has 1 fully saturated rings. The second-order valence-corrected chi connectivity index (χ2v) is 6.34. The smallest absolute Gasteiger partial charge is 0.325 e. The summed E-state index contributed by atoms with van der Waals surface area (Å²) < 4.78 is 0. The van der Waals surface area contributed by atoms with E-state index in [4.69, 9.17) is 0 Å². The molecule has 2 rings (SSSR count). The first-order valence-electron chi connectivity index (χ1n) is 8.52. The van der Waals surface area contributed by atoms with Crippen LogP contribution in [0.15, 0.2) is 24.3 Å². The fourth-order valence-corrected chi connectivity index (χ4v) is 2.80. The average Bonchev–Trinajstić information content (AvgIpc) is 2.84. The van der Waals surface area contributed by atoms with Crippen LogP contribution in [0.5, 0.6) is 0 Å². The predicted octanol–water partition coefficient (Wildman–Crippen LogP) is 0.268. The van der Waals surface area contributed by atoms with Crippen molar-refractivity contribution in [2.24, 2.45) is 0 Å². The SMILES string of the molecule is CCCc1ccc([C@@]2(C)NC(=O)N(CC(=O)NCC(=O)NC)C2=O)cc1. The van der Waals surface area contributed by atoms with E-state index in [-0.39, 0.29) is 12.5 Å². The molecule has 8 heteroatoms. The van der Waals surface area contributed by atoms with Gasteiger partial charge >= 0.3 is 6.03 Å². The largest absolute Gasteiger partial charge is 0.358 e. The van der Waals surface area contributed by atoms with Crippen LogP contribution in [0.3, 0.4) is 0 Å². The fraction of sp³-hybridized carbons (Fsp3) is 0.444. The number of rotatable bonds is 7. The fourth-order valence-electron chi connectivity index (χ4n) is 2.80. The molecule has 1 aliphatic heterocycles. The maximum Gasteiger partial charge on any atom is 0.325 e. The summed E-state index contributed by atoms with van der Waals surface area (Å²) in [4.78, 5) is 48.9. The van der Waals surface area contributed by atoms with E-state index in [1.807, 2.05) is 24.3 Å². The Bertz CT molecular complexity index is 716. The van der Waals surface area contributed by atoms with E-state index in [1.54, 1.807) is 6.92 Å². The van der Waals surface area contributed by atoms with Gasteiger partial charge in [-0.15, -0.1) is 0 Å². The van der Waals surface area contributed by atoms with Crippen LogP contribution in [0.4, 0.5) is 4.79 Å². The highest BCUT2D eigenvalue weighted by molar-refractivity contribution is 6.09. The number of imide groups is 1. The Kier molecular flexibility index (Phi) is 5.97. The molecule has 0 unspecified atom stereocenters. The minimum absolute atomic E-state index is 0.213. The zero-order valence-electron chi connectivity index (χ0n) is 15.2. The van der Waals surface area contributed by atoms with Crippen molar-refractivity contribution in [3.63, 3.8) is 0 Å². The molecule has 140 valence electrons. The van der Waals surface area contributed by atoms with Crippen LogP contribution in [0.2, 0.25) is 0 Å². The van der Waals surface area contributed by atoms with Crippen LogP contribution in [0, 0.1) is 0 Å². The van der Waals surface area contributed by atoms with E-state index < -0.39 is 29.9 Å². The average molecular weight is 360 g/mol. The zero-order valence-corrected chi connectivity index (χ0v) is 15.2. The molecule has 3 N–H and O–H groups in total. The summed E-state index contributed by atoms with van der Waals surface area (Å²) in [6, 6.07) is 6.87. The number of aryl methyl sites for hydroxylation is 1.